The molecule has 0 N–H and O–H groups in total. The van der Waals surface area contributed by atoms with Gasteiger partial charge in [0.1, 0.15) is 0 Å². The maximum absolute atomic E-state index is 12.0. The Balaban J connectivity index is 2.86. The fraction of sp³-hybridized carbons (Fsp3) is 1.00. The van der Waals surface area contributed by atoms with Gasteiger partial charge in [0, 0.05) is 11.1 Å². The van der Waals surface area contributed by atoms with Gasteiger partial charge in [-0.25, -0.2) is 4.18 Å². The van der Waals surface area contributed by atoms with Crippen LogP contribution in [0.25, 0.3) is 0 Å². The molecule has 0 aromatic carbocycles. The Bertz CT molecular complexity index is 358. The first kappa shape index (κ1) is 14.8. The molecule has 0 saturated carbocycles. The van der Waals surface area contributed by atoms with Crippen molar-refractivity contribution < 1.29 is 22.0 Å². The Morgan fingerprint density at radius 2 is 1.53 bits per heavy atom. The maximum atomic E-state index is 12.0. The van der Waals surface area contributed by atoms with Crippen molar-refractivity contribution >= 4 is 10.4 Å². The molecule has 0 spiro atoms. The Morgan fingerprint density at radius 3 is 1.88 bits per heavy atom. The van der Waals surface area contributed by atoms with Crippen molar-refractivity contribution in [2.45, 2.75) is 57.7 Å². The highest BCUT2D eigenvalue weighted by molar-refractivity contribution is 7.81. The molecule has 1 aliphatic heterocycles. The van der Waals surface area contributed by atoms with Crippen molar-refractivity contribution in [2.24, 2.45) is 0 Å². The molecular formula is C10H20NO5S. The van der Waals surface area contributed by atoms with Crippen molar-refractivity contribution in [3.8, 4) is 0 Å². The summed E-state index contributed by atoms with van der Waals surface area (Å²) in [5.74, 6) is 0. The third-order valence-corrected chi connectivity index (χ3v) is 3.93. The molecule has 0 unspecified atom stereocenters. The van der Waals surface area contributed by atoms with E-state index in [-0.39, 0.29) is 0 Å². The Kier molecular flexibility index (Phi) is 3.91. The number of nitrogens with zero attached hydrogens (tertiary/aromatic N) is 1. The third kappa shape index (κ3) is 3.38. The summed E-state index contributed by atoms with van der Waals surface area (Å²) < 4.78 is 31.7. The number of rotatable bonds is 3. The Morgan fingerprint density at radius 1 is 1.12 bits per heavy atom. The molecule has 0 amide bonds. The quantitative estimate of drug-likeness (QED) is 0.768. The van der Waals surface area contributed by atoms with E-state index < -0.39 is 27.6 Å². The Hall–Kier alpha value is -0.210. The van der Waals surface area contributed by atoms with E-state index in [0.29, 0.717) is 12.8 Å². The van der Waals surface area contributed by atoms with Gasteiger partial charge in [0.15, 0.2) is 0 Å². The second-order valence-corrected chi connectivity index (χ2v) is 6.96. The molecule has 1 aliphatic rings. The van der Waals surface area contributed by atoms with Gasteiger partial charge >= 0.3 is 10.4 Å². The van der Waals surface area contributed by atoms with Crippen molar-refractivity contribution in [2.75, 3.05) is 7.11 Å². The first-order valence-corrected chi connectivity index (χ1v) is 6.80. The predicted molar refractivity (Wildman–Crippen MR) is 60.7 cm³/mol. The monoisotopic (exact) mass is 266 g/mol. The number of piperidine rings is 1. The summed E-state index contributed by atoms with van der Waals surface area (Å²) in [6.45, 7) is 7.10. The zero-order valence-electron chi connectivity index (χ0n) is 10.9. The van der Waals surface area contributed by atoms with Crippen LogP contribution in [0.1, 0.15) is 40.5 Å². The molecule has 101 valence electrons. The lowest BCUT2D eigenvalue weighted by Gasteiger charge is -2.49. The van der Waals surface area contributed by atoms with Crippen molar-refractivity contribution in [3.63, 3.8) is 0 Å². The van der Waals surface area contributed by atoms with Gasteiger partial charge < -0.3 is 0 Å². The van der Waals surface area contributed by atoms with E-state index in [4.69, 9.17) is 4.18 Å². The van der Waals surface area contributed by atoms with Gasteiger partial charge in [-0.3, -0.25) is 4.18 Å². The average Bonchev–Trinajstić information content (AvgIpc) is 2.12. The third-order valence-electron chi connectivity index (χ3n) is 3.01. The number of hydrogen-bond acceptors (Lipinski definition) is 5. The molecule has 1 fully saturated rings. The van der Waals surface area contributed by atoms with Crippen LogP contribution in [0.2, 0.25) is 0 Å². The van der Waals surface area contributed by atoms with Crippen LogP contribution < -0.4 is 0 Å². The molecule has 0 aromatic heterocycles. The van der Waals surface area contributed by atoms with Crippen molar-refractivity contribution in [1.29, 1.82) is 0 Å². The lowest BCUT2D eigenvalue weighted by molar-refractivity contribution is -0.296. The van der Waals surface area contributed by atoms with E-state index in [1.54, 1.807) is 27.7 Å². The standard InChI is InChI=1S/C10H20NO5S/c1-9(2)6-8(16-17(13,14)15-5)7-10(3,4)11(9)12/h8H,6-7H2,1-5H3. The van der Waals surface area contributed by atoms with Gasteiger partial charge in [0.05, 0.1) is 13.2 Å². The van der Waals surface area contributed by atoms with E-state index in [0.717, 1.165) is 12.2 Å². The highest BCUT2D eigenvalue weighted by Gasteiger charge is 2.47. The molecule has 6 nitrogen and oxygen atoms in total. The minimum absolute atomic E-state index is 0.350. The summed E-state index contributed by atoms with van der Waals surface area (Å²) in [5.41, 5.74) is -1.31. The normalized spacial score (nSPS) is 26.0. The zero-order valence-corrected chi connectivity index (χ0v) is 11.7. The summed E-state index contributed by atoms with van der Waals surface area (Å²) in [7, 11) is -2.91. The highest BCUT2D eigenvalue weighted by Crippen LogP contribution is 2.38. The number of hydroxylamine groups is 2. The molecule has 1 radical (unpaired) electrons. The predicted octanol–water partition coefficient (Wildman–Crippen LogP) is 1.26. The van der Waals surface area contributed by atoms with Crippen LogP contribution in [0.15, 0.2) is 0 Å². The van der Waals surface area contributed by atoms with Crippen LogP contribution in [-0.2, 0) is 24.0 Å². The molecule has 1 saturated heterocycles. The van der Waals surface area contributed by atoms with E-state index in [1.165, 1.54) is 0 Å². The molecular weight excluding hydrogens is 246 g/mol. The molecule has 0 aromatic rings. The average molecular weight is 266 g/mol. The summed E-state index contributed by atoms with van der Waals surface area (Å²) in [4.78, 5) is 0. The zero-order chi connectivity index (χ0) is 13.5. The fourth-order valence-corrected chi connectivity index (χ4v) is 2.99. The van der Waals surface area contributed by atoms with Gasteiger partial charge in [-0.15, -0.1) is 10.3 Å². The van der Waals surface area contributed by atoms with E-state index in [2.05, 4.69) is 4.18 Å². The lowest BCUT2D eigenvalue weighted by Crippen LogP contribution is -2.60. The highest BCUT2D eigenvalue weighted by atomic mass is 32.3. The van der Waals surface area contributed by atoms with Crippen molar-refractivity contribution in [1.82, 2.24) is 5.06 Å². The second-order valence-electron chi connectivity index (χ2n) is 5.62. The first-order valence-electron chi connectivity index (χ1n) is 5.46. The molecule has 17 heavy (non-hydrogen) atoms. The van der Waals surface area contributed by atoms with Crippen LogP contribution in [0.5, 0.6) is 0 Å². The topological polar surface area (TPSA) is 75.7 Å². The van der Waals surface area contributed by atoms with E-state index >= 15 is 0 Å². The molecule has 1 heterocycles. The maximum Gasteiger partial charge on any atom is 0.399 e. The lowest BCUT2D eigenvalue weighted by atomic mass is 9.80. The summed E-state index contributed by atoms with van der Waals surface area (Å²) in [6.07, 6.45) is 0.167. The largest absolute Gasteiger partial charge is 0.399 e. The molecule has 0 aliphatic carbocycles. The molecule has 0 atom stereocenters. The van der Waals surface area contributed by atoms with Gasteiger partial charge in [0.25, 0.3) is 0 Å². The van der Waals surface area contributed by atoms with Crippen molar-refractivity contribution in [3.05, 3.63) is 0 Å². The fourth-order valence-electron chi connectivity index (χ4n) is 2.45. The van der Waals surface area contributed by atoms with Crippen LogP contribution in [0, 0.1) is 0 Å². The SMILES string of the molecule is COS(=O)(=O)OC1CC(C)(C)N([O])C(C)(C)C1. The van der Waals surface area contributed by atoms with Crippen LogP contribution >= 0.6 is 0 Å². The molecule has 1 rings (SSSR count). The first-order chi connectivity index (χ1) is 7.50. The summed E-state index contributed by atoms with van der Waals surface area (Å²) in [5, 5.41) is 13.0. The second kappa shape index (κ2) is 4.47. The van der Waals surface area contributed by atoms with E-state index in [1.807, 2.05) is 0 Å². The minimum atomic E-state index is -3.96. The molecule has 0 bridgehead atoms. The summed E-state index contributed by atoms with van der Waals surface area (Å²) >= 11 is 0. The van der Waals surface area contributed by atoms with E-state index in [9.17, 15) is 13.6 Å². The molecule has 7 heteroatoms. The minimum Gasteiger partial charge on any atom is -0.252 e. The smallest absolute Gasteiger partial charge is 0.252 e. The number of hydrogen-bond donors (Lipinski definition) is 0. The van der Waals surface area contributed by atoms with Crippen LogP contribution in [-0.4, -0.2) is 37.8 Å². The van der Waals surface area contributed by atoms with Crippen LogP contribution in [0.3, 0.4) is 0 Å². The Labute approximate surface area is 103 Å². The van der Waals surface area contributed by atoms with Gasteiger partial charge in [-0.1, -0.05) is 0 Å². The van der Waals surface area contributed by atoms with Gasteiger partial charge in [-0.05, 0) is 40.5 Å². The van der Waals surface area contributed by atoms with Crippen LogP contribution in [0.4, 0.5) is 0 Å². The van der Waals surface area contributed by atoms with Gasteiger partial charge in [-0.2, -0.15) is 8.42 Å². The van der Waals surface area contributed by atoms with Gasteiger partial charge in [0.2, 0.25) is 0 Å². The summed E-state index contributed by atoms with van der Waals surface area (Å²) in [6, 6.07) is 0.